The summed E-state index contributed by atoms with van der Waals surface area (Å²) in [6, 6.07) is 0.0273. The molecule has 1 aliphatic heterocycles. The summed E-state index contributed by atoms with van der Waals surface area (Å²) in [4.78, 5) is 35.5. The SMILES string of the molecule is CC(=O)N1CCC[C@@H]1c1cncc(CCC(=O)N(C)C)n1. The van der Waals surface area contributed by atoms with E-state index in [1.54, 1.807) is 38.3 Å². The molecule has 114 valence electrons. The largest absolute Gasteiger partial charge is 0.349 e. The molecule has 1 aromatic rings. The van der Waals surface area contributed by atoms with Gasteiger partial charge in [0.05, 0.1) is 23.6 Å². The van der Waals surface area contributed by atoms with E-state index in [0.717, 1.165) is 30.8 Å². The molecule has 21 heavy (non-hydrogen) atoms. The van der Waals surface area contributed by atoms with Crippen LogP contribution in [0.5, 0.6) is 0 Å². The van der Waals surface area contributed by atoms with E-state index in [-0.39, 0.29) is 17.9 Å². The van der Waals surface area contributed by atoms with Gasteiger partial charge < -0.3 is 9.80 Å². The molecule has 1 aromatic heterocycles. The molecular weight excluding hydrogens is 268 g/mol. The topological polar surface area (TPSA) is 66.4 Å². The number of hydrogen-bond donors (Lipinski definition) is 0. The summed E-state index contributed by atoms with van der Waals surface area (Å²) in [5.74, 6) is 0.154. The van der Waals surface area contributed by atoms with Gasteiger partial charge in [0.25, 0.3) is 0 Å². The van der Waals surface area contributed by atoms with Gasteiger partial charge in [-0.05, 0) is 19.3 Å². The Morgan fingerprint density at radius 2 is 2.14 bits per heavy atom. The van der Waals surface area contributed by atoms with Crippen molar-refractivity contribution in [1.29, 1.82) is 0 Å². The molecule has 1 saturated heterocycles. The van der Waals surface area contributed by atoms with Crippen molar-refractivity contribution in [3.63, 3.8) is 0 Å². The molecule has 2 heterocycles. The molecule has 2 rings (SSSR count). The molecule has 6 nitrogen and oxygen atoms in total. The van der Waals surface area contributed by atoms with Crippen molar-refractivity contribution < 1.29 is 9.59 Å². The van der Waals surface area contributed by atoms with Gasteiger partial charge in [0.2, 0.25) is 11.8 Å². The average molecular weight is 290 g/mol. The Kier molecular flexibility index (Phi) is 4.88. The predicted molar refractivity (Wildman–Crippen MR) is 78.4 cm³/mol. The maximum absolute atomic E-state index is 11.6. The van der Waals surface area contributed by atoms with Crippen molar-refractivity contribution in [2.24, 2.45) is 0 Å². The van der Waals surface area contributed by atoms with Gasteiger partial charge in [-0.1, -0.05) is 0 Å². The number of rotatable bonds is 4. The van der Waals surface area contributed by atoms with E-state index in [0.29, 0.717) is 12.8 Å². The molecule has 0 aliphatic carbocycles. The van der Waals surface area contributed by atoms with Crippen molar-refractivity contribution in [1.82, 2.24) is 19.8 Å². The highest BCUT2D eigenvalue weighted by Crippen LogP contribution is 2.30. The van der Waals surface area contributed by atoms with Gasteiger partial charge >= 0.3 is 0 Å². The Morgan fingerprint density at radius 1 is 1.38 bits per heavy atom. The van der Waals surface area contributed by atoms with E-state index in [9.17, 15) is 9.59 Å². The third-order valence-electron chi connectivity index (χ3n) is 3.80. The third kappa shape index (κ3) is 3.77. The van der Waals surface area contributed by atoms with E-state index < -0.39 is 0 Å². The molecule has 6 heteroatoms. The minimum Gasteiger partial charge on any atom is -0.349 e. The summed E-state index contributed by atoms with van der Waals surface area (Å²) in [6.45, 7) is 2.37. The number of aromatic nitrogens is 2. The Morgan fingerprint density at radius 3 is 2.81 bits per heavy atom. The first kappa shape index (κ1) is 15.4. The monoisotopic (exact) mass is 290 g/mol. The summed E-state index contributed by atoms with van der Waals surface area (Å²) in [5, 5.41) is 0. The number of carbonyl (C=O) groups excluding carboxylic acids is 2. The number of hydrogen-bond acceptors (Lipinski definition) is 4. The minimum absolute atomic E-state index is 0.0273. The van der Waals surface area contributed by atoms with E-state index in [1.165, 1.54) is 0 Å². The fourth-order valence-corrected chi connectivity index (χ4v) is 2.61. The number of likely N-dealkylation sites (tertiary alicyclic amines) is 1. The van der Waals surface area contributed by atoms with Crippen LogP contribution in [0.1, 0.15) is 43.6 Å². The van der Waals surface area contributed by atoms with Crippen molar-refractivity contribution >= 4 is 11.8 Å². The van der Waals surface area contributed by atoms with Crippen molar-refractivity contribution in [3.8, 4) is 0 Å². The summed E-state index contributed by atoms with van der Waals surface area (Å²) >= 11 is 0. The normalized spacial score (nSPS) is 17.9. The van der Waals surface area contributed by atoms with Gasteiger partial charge in [0, 0.05) is 40.2 Å². The fraction of sp³-hybridized carbons (Fsp3) is 0.600. The van der Waals surface area contributed by atoms with Crippen LogP contribution in [0, 0.1) is 0 Å². The highest BCUT2D eigenvalue weighted by atomic mass is 16.2. The zero-order chi connectivity index (χ0) is 15.4. The second-order valence-electron chi connectivity index (χ2n) is 5.59. The smallest absolute Gasteiger partial charge is 0.222 e. The average Bonchev–Trinajstić information content (AvgIpc) is 2.94. The van der Waals surface area contributed by atoms with E-state index in [2.05, 4.69) is 9.97 Å². The molecule has 0 bridgehead atoms. The molecule has 0 radical (unpaired) electrons. The van der Waals surface area contributed by atoms with Gasteiger partial charge in [0.1, 0.15) is 0 Å². The molecule has 0 saturated carbocycles. The highest BCUT2D eigenvalue weighted by Gasteiger charge is 2.29. The number of amides is 2. The Hall–Kier alpha value is -1.98. The Bertz CT molecular complexity index is 530. The second-order valence-corrected chi connectivity index (χ2v) is 5.59. The van der Waals surface area contributed by atoms with Crippen LogP contribution in [0.25, 0.3) is 0 Å². The molecule has 0 spiro atoms. The van der Waals surface area contributed by atoms with Crippen LogP contribution in [-0.4, -0.2) is 52.2 Å². The van der Waals surface area contributed by atoms with Crippen LogP contribution in [0.15, 0.2) is 12.4 Å². The first-order chi connectivity index (χ1) is 9.99. The summed E-state index contributed by atoms with van der Waals surface area (Å²) in [5.41, 5.74) is 1.63. The molecule has 1 fully saturated rings. The minimum atomic E-state index is 0.0273. The first-order valence-electron chi connectivity index (χ1n) is 7.27. The van der Waals surface area contributed by atoms with Gasteiger partial charge in [-0.3, -0.25) is 19.6 Å². The fourth-order valence-electron chi connectivity index (χ4n) is 2.61. The van der Waals surface area contributed by atoms with Crippen molar-refractivity contribution in [2.75, 3.05) is 20.6 Å². The van der Waals surface area contributed by atoms with E-state index >= 15 is 0 Å². The summed E-state index contributed by atoms with van der Waals surface area (Å²) in [6.07, 6.45) is 6.34. The van der Waals surface area contributed by atoms with Crippen molar-refractivity contribution in [2.45, 2.75) is 38.6 Å². The molecule has 0 aromatic carbocycles. The summed E-state index contributed by atoms with van der Waals surface area (Å²) < 4.78 is 0. The van der Waals surface area contributed by atoms with Gasteiger partial charge in [-0.15, -0.1) is 0 Å². The van der Waals surface area contributed by atoms with Crippen molar-refractivity contribution in [3.05, 3.63) is 23.8 Å². The van der Waals surface area contributed by atoms with Crippen LogP contribution in [0.4, 0.5) is 0 Å². The third-order valence-corrected chi connectivity index (χ3v) is 3.80. The lowest BCUT2D eigenvalue weighted by molar-refractivity contribution is -0.130. The number of aryl methyl sites for hydroxylation is 1. The molecule has 2 amide bonds. The maximum Gasteiger partial charge on any atom is 0.222 e. The summed E-state index contributed by atoms with van der Waals surface area (Å²) in [7, 11) is 3.49. The van der Waals surface area contributed by atoms with Gasteiger partial charge in [-0.25, -0.2) is 0 Å². The molecule has 0 unspecified atom stereocenters. The molecule has 1 aliphatic rings. The number of nitrogens with zero attached hydrogens (tertiary/aromatic N) is 4. The Balaban J connectivity index is 2.07. The van der Waals surface area contributed by atoms with Gasteiger partial charge in [-0.2, -0.15) is 0 Å². The first-order valence-corrected chi connectivity index (χ1v) is 7.27. The zero-order valence-corrected chi connectivity index (χ0v) is 12.9. The van der Waals surface area contributed by atoms with E-state index in [4.69, 9.17) is 0 Å². The maximum atomic E-state index is 11.6. The second kappa shape index (κ2) is 6.65. The van der Waals surface area contributed by atoms with E-state index in [1.807, 2.05) is 4.90 Å². The Labute approximate surface area is 125 Å². The number of carbonyl (C=O) groups is 2. The predicted octanol–water partition coefficient (Wildman–Crippen LogP) is 1.18. The van der Waals surface area contributed by atoms with Crippen LogP contribution in [0.3, 0.4) is 0 Å². The molecular formula is C15H22N4O2. The molecule has 1 atom stereocenters. The lowest BCUT2D eigenvalue weighted by Crippen LogP contribution is -2.28. The van der Waals surface area contributed by atoms with Crippen LogP contribution >= 0.6 is 0 Å². The lowest BCUT2D eigenvalue weighted by Gasteiger charge is -2.22. The standard InChI is InChI=1S/C15H22N4O2/c1-11(20)19-8-4-5-14(19)13-10-16-9-12(17-13)6-7-15(21)18(2)3/h9-10,14H,4-8H2,1-3H3/t14-/m1/s1. The van der Waals surface area contributed by atoms with Crippen LogP contribution in [-0.2, 0) is 16.0 Å². The van der Waals surface area contributed by atoms with Crippen LogP contribution in [0.2, 0.25) is 0 Å². The quantitative estimate of drug-likeness (QED) is 0.835. The molecule has 0 N–H and O–H groups in total. The zero-order valence-electron chi connectivity index (χ0n) is 12.9. The lowest BCUT2D eigenvalue weighted by atomic mass is 10.1. The van der Waals surface area contributed by atoms with Crippen LogP contribution < -0.4 is 0 Å². The van der Waals surface area contributed by atoms with Gasteiger partial charge in [0.15, 0.2) is 0 Å². The highest BCUT2D eigenvalue weighted by molar-refractivity contribution is 5.75.